The Kier molecular flexibility index (Phi) is 7.36. The maximum atomic E-state index is 12.3. The van der Waals surface area contributed by atoms with Crippen molar-refractivity contribution in [3.8, 4) is 0 Å². The first-order chi connectivity index (χ1) is 11.2. The quantitative estimate of drug-likeness (QED) is 0.452. The van der Waals surface area contributed by atoms with E-state index in [-0.39, 0.29) is 24.7 Å². The lowest BCUT2D eigenvalue weighted by Gasteiger charge is -2.21. The zero-order chi connectivity index (χ0) is 18.2. The van der Waals surface area contributed by atoms with Crippen molar-refractivity contribution in [1.29, 1.82) is 0 Å². The van der Waals surface area contributed by atoms with Crippen LogP contribution in [0, 0.1) is 5.92 Å². The average molecular weight is 331 g/mol. The third-order valence-electron chi connectivity index (χ3n) is 3.17. The fourth-order valence-electron chi connectivity index (χ4n) is 2.11. The van der Waals surface area contributed by atoms with E-state index in [2.05, 4.69) is 11.9 Å². The molecule has 1 aromatic carbocycles. The maximum absolute atomic E-state index is 12.3. The number of allylic oxidation sites excluding steroid dienone is 1. The molecule has 0 heterocycles. The zero-order valence-electron chi connectivity index (χ0n) is 14.5. The predicted octanol–water partition coefficient (Wildman–Crippen LogP) is 2.91. The van der Waals surface area contributed by atoms with Crippen molar-refractivity contribution in [1.82, 2.24) is 5.32 Å². The van der Waals surface area contributed by atoms with E-state index in [0.717, 1.165) is 0 Å². The van der Waals surface area contributed by atoms with Crippen LogP contribution in [0.4, 0.5) is 0 Å². The van der Waals surface area contributed by atoms with Gasteiger partial charge in [-0.05, 0) is 27.2 Å². The number of nitrogens with one attached hydrogen (secondary N) is 1. The third kappa shape index (κ3) is 7.22. The van der Waals surface area contributed by atoms with Crippen LogP contribution < -0.4 is 5.32 Å². The highest BCUT2D eigenvalue weighted by atomic mass is 16.6. The summed E-state index contributed by atoms with van der Waals surface area (Å²) >= 11 is 0. The lowest BCUT2D eigenvalue weighted by Crippen LogP contribution is -2.36. The molecule has 24 heavy (non-hydrogen) atoms. The Hall–Kier alpha value is -2.43. The van der Waals surface area contributed by atoms with Gasteiger partial charge in [0.2, 0.25) is 5.91 Å². The number of ether oxygens (including phenoxy) is 1. The largest absolute Gasteiger partial charge is 0.460 e. The fraction of sp³-hybridized carbons (Fsp3) is 0.421. The SMILES string of the molecule is C=CC[C@H](CC(=O)OC(C)(C)C)C(=O)NCC(=O)c1ccccc1. The standard InChI is InChI=1S/C19H25NO4/c1-5-9-15(12-17(22)24-19(2,3)4)18(23)20-13-16(21)14-10-7-6-8-11-14/h5-8,10-11,15H,1,9,12-13H2,2-4H3,(H,20,23)/t15-/m1/s1. The van der Waals surface area contributed by atoms with E-state index in [1.807, 2.05) is 6.07 Å². The van der Waals surface area contributed by atoms with Gasteiger partial charge in [0.25, 0.3) is 0 Å². The molecular formula is C19H25NO4. The van der Waals surface area contributed by atoms with Gasteiger partial charge in [0.15, 0.2) is 5.78 Å². The Labute approximate surface area is 143 Å². The second kappa shape index (κ2) is 9.01. The van der Waals surface area contributed by atoms with E-state index in [4.69, 9.17) is 4.74 Å². The maximum Gasteiger partial charge on any atom is 0.307 e. The van der Waals surface area contributed by atoms with Crippen molar-refractivity contribution in [2.45, 2.75) is 39.2 Å². The van der Waals surface area contributed by atoms with Crippen LogP contribution in [-0.4, -0.2) is 29.8 Å². The average Bonchev–Trinajstić information content (AvgIpc) is 2.51. The molecule has 130 valence electrons. The van der Waals surface area contributed by atoms with Crippen LogP contribution in [-0.2, 0) is 14.3 Å². The summed E-state index contributed by atoms with van der Waals surface area (Å²) in [6.07, 6.45) is 1.87. The lowest BCUT2D eigenvalue weighted by molar-refractivity contribution is -0.157. The van der Waals surface area contributed by atoms with Gasteiger partial charge in [-0.25, -0.2) is 0 Å². The van der Waals surface area contributed by atoms with Gasteiger partial charge in [-0.1, -0.05) is 36.4 Å². The van der Waals surface area contributed by atoms with Crippen LogP contribution in [0.3, 0.4) is 0 Å². The van der Waals surface area contributed by atoms with E-state index >= 15 is 0 Å². The summed E-state index contributed by atoms with van der Waals surface area (Å²) in [5.74, 6) is -1.58. The summed E-state index contributed by atoms with van der Waals surface area (Å²) in [7, 11) is 0. The van der Waals surface area contributed by atoms with Crippen LogP contribution in [0.15, 0.2) is 43.0 Å². The number of rotatable bonds is 8. The molecule has 1 rings (SSSR count). The molecule has 5 nitrogen and oxygen atoms in total. The summed E-state index contributed by atoms with van der Waals surface area (Å²) < 4.78 is 5.24. The molecule has 0 fully saturated rings. The Bertz CT molecular complexity index is 587. The highest BCUT2D eigenvalue weighted by molar-refractivity contribution is 5.99. The number of amides is 1. The molecule has 0 aromatic heterocycles. The second-order valence-corrected chi connectivity index (χ2v) is 6.52. The van der Waals surface area contributed by atoms with Crippen molar-refractivity contribution < 1.29 is 19.1 Å². The molecule has 0 aliphatic carbocycles. The highest BCUT2D eigenvalue weighted by Gasteiger charge is 2.25. The summed E-state index contributed by atoms with van der Waals surface area (Å²) in [6, 6.07) is 8.72. The minimum Gasteiger partial charge on any atom is -0.460 e. The second-order valence-electron chi connectivity index (χ2n) is 6.52. The van der Waals surface area contributed by atoms with Crippen LogP contribution in [0.5, 0.6) is 0 Å². The molecule has 1 atom stereocenters. The van der Waals surface area contributed by atoms with E-state index in [1.165, 1.54) is 0 Å². The van der Waals surface area contributed by atoms with Crippen molar-refractivity contribution in [2.75, 3.05) is 6.54 Å². The number of hydrogen-bond donors (Lipinski definition) is 1. The van der Waals surface area contributed by atoms with E-state index < -0.39 is 17.5 Å². The van der Waals surface area contributed by atoms with E-state index in [0.29, 0.717) is 12.0 Å². The number of Topliss-reactive ketones (excluding diaryl/α,β-unsaturated/α-hetero) is 1. The first kappa shape index (κ1) is 19.6. The minimum absolute atomic E-state index is 0.0470. The van der Waals surface area contributed by atoms with Crippen molar-refractivity contribution in [2.24, 2.45) is 5.92 Å². The van der Waals surface area contributed by atoms with Crippen molar-refractivity contribution in [3.63, 3.8) is 0 Å². The molecular weight excluding hydrogens is 306 g/mol. The third-order valence-corrected chi connectivity index (χ3v) is 3.17. The Balaban J connectivity index is 2.58. The molecule has 1 amide bonds. The molecule has 0 saturated carbocycles. The number of ketones is 1. The van der Waals surface area contributed by atoms with E-state index in [1.54, 1.807) is 51.1 Å². The monoisotopic (exact) mass is 331 g/mol. The summed E-state index contributed by atoms with van der Waals surface area (Å²) in [6.45, 7) is 8.81. The van der Waals surface area contributed by atoms with Crippen molar-refractivity contribution in [3.05, 3.63) is 48.6 Å². The number of esters is 1. The highest BCUT2D eigenvalue weighted by Crippen LogP contribution is 2.15. The number of carbonyl (C=O) groups is 3. The molecule has 0 aliphatic heterocycles. The first-order valence-corrected chi connectivity index (χ1v) is 7.91. The number of benzene rings is 1. The van der Waals surface area contributed by atoms with Gasteiger partial charge in [-0.3, -0.25) is 14.4 Å². The van der Waals surface area contributed by atoms with Gasteiger partial charge in [0.1, 0.15) is 5.60 Å². The van der Waals surface area contributed by atoms with Gasteiger partial charge in [0.05, 0.1) is 18.9 Å². The molecule has 5 heteroatoms. The van der Waals surface area contributed by atoms with Gasteiger partial charge in [0, 0.05) is 5.56 Å². The molecule has 0 unspecified atom stereocenters. The fourth-order valence-corrected chi connectivity index (χ4v) is 2.11. The smallest absolute Gasteiger partial charge is 0.307 e. The molecule has 0 radical (unpaired) electrons. The van der Waals surface area contributed by atoms with Gasteiger partial charge >= 0.3 is 5.97 Å². The van der Waals surface area contributed by atoms with Gasteiger partial charge in [-0.2, -0.15) is 0 Å². The van der Waals surface area contributed by atoms with E-state index in [9.17, 15) is 14.4 Å². The topological polar surface area (TPSA) is 72.5 Å². The first-order valence-electron chi connectivity index (χ1n) is 7.91. The molecule has 0 bridgehead atoms. The van der Waals surface area contributed by atoms with Gasteiger partial charge in [-0.15, -0.1) is 6.58 Å². The predicted molar refractivity (Wildman–Crippen MR) is 92.5 cm³/mol. The van der Waals surface area contributed by atoms with Crippen LogP contribution in [0.2, 0.25) is 0 Å². The molecule has 1 N–H and O–H groups in total. The molecule has 0 spiro atoms. The summed E-state index contributed by atoms with van der Waals surface area (Å²) in [5.41, 5.74) is -0.0690. The normalized spacial score (nSPS) is 12.1. The summed E-state index contributed by atoms with van der Waals surface area (Å²) in [4.78, 5) is 36.2. The van der Waals surface area contributed by atoms with Gasteiger partial charge < -0.3 is 10.1 Å². The van der Waals surface area contributed by atoms with Crippen LogP contribution in [0.1, 0.15) is 44.0 Å². The van der Waals surface area contributed by atoms with Crippen molar-refractivity contribution >= 4 is 17.7 Å². The Morgan fingerprint density at radius 1 is 1.21 bits per heavy atom. The minimum atomic E-state index is -0.602. The van der Waals surface area contributed by atoms with Crippen LogP contribution in [0.25, 0.3) is 0 Å². The zero-order valence-corrected chi connectivity index (χ0v) is 14.5. The summed E-state index contributed by atoms with van der Waals surface area (Å²) in [5, 5.41) is 2.59. The molecule has 0 aliphatic rings. The number of carbonyl (C=O) groups excluding carboxylic acids is 3. The Morgan fingerprint density at radius 2 is 1.83 bits per heavy atom. The molecule has 1 aromatic rings. The number of hydrogen-bond acceptors (Lipinski definition) is 4. The Morgan fingerprint density at radius 3 is 2.38 bits per heavy atom. The van der Waals surface area contributed by atoms with Crippen LogP contribution >= 0.6 is 0 Å². The lowest BCUT2D eigenvalue weighted by atomic mass is 10.00. The molecule has 0 saturated heterocycles.